The van der Waals surface area contributed by atoms with Gasteiger partial charge in [0.05, 0.1) is 0 Å². The number of amides is 1. The van der Waals surface area contributed by atoms with Gasteiger partial charge < -0.3 is 14.6 Å². The first-order valence-electron chi connectivity index (χ1n) is 11.3. The number of carbonyl (C=O) groups is 1. The standard InChI is InChI=1S/C27H27N3O2/c31-26(28-19-23(20-9-3-1-4-10-20)21-11-5-2-6-12-21)22-15-17-30(18-16-22)27-29-24-13-7-8-14-25(24)32-27/h1-14,22-23H,15-19H2,(H,28,31). The quantitative estimate of drug-likeness (QED) is 0.473. The van der Waals surface area contributed by atoms with E-state index in [-0.39, 0.29) is 17.7 Å². The summed E-state index contributed by atoms with van der Waals surface area (Å²) in [5.41, 5.74) is 4.10. The maximum absolute atomic E-state index is 13.0. The second-order valence-corrected chi connectivity index (χ2v) is 8.34. The van der Waals surface area contributed by atoms with E-state index in [0.29, 0.717) is 12.6 Å². The molecule has 1 amide bonds. The summed E-state index contributed by atoms with van der Waals surface area (Å²) < 4.78 is 5.89. The first-order valence-corrected chi connectivity index (χ1v) is 11.3. The van der Waals surface area contributed by atoms with Gasteiger partial charge in [0.15, 0.2) is 5.58 Å². The van der Waals surface area contributed by atoms with Gasteiger partial charge >= 0.3 is 0 Å². The molecule has 2 heterocycles. The van der Waals surface area contributed by atoms with Crippen LogP contribution in [-0.4, -0.2) is 30.5 Å². The molecule has 0 bridgehead atoms. The van der Waals surface area contributed by atoms with Gasteiger partial charge in [0, 0.05) is 31.5 Å². The minimum atomic E-state index is 0.0165. The summed E-state index contributed by atoms with van der Waals surface area (Å²) in [4.78, 5) is 19.7. The van der Waals surface area contributed by atoms with Crippen molar-refractivity contribution in [2.45, 2.75) is 18.8 Å². The van der Waals surface area contributed by atoms with Gasteiger partial charge in [0.2, 0.25) is 5.91 Å². The highest BCUT2D eigenvalue weighted by atomic mass is 16.4. The number of hydrogen-bond acceptors (Lipinski definition) is 4. The van der Waals surface area contributed by atoms with E-state index < -0.39 is 0 Å². The van der Waals surface area contributed by atoms with Crippen molar-refractivity contribution in [1.29, 1.82) is 0 Å². The van der Waals surface area contributed by atoms with Crippen molar-refractivity contribution >= 4 is 23.0 Å². The van der Waals surface area contributed by atoms with Crippen LogP contribution < -0.4 is 10.2 Å². The molecule has 1 aliphatic rings. The maximum Gasteiger partial charge on any atom is 0.298 e. The summed E-state index contributed by atoms with van der Waals surface area (Å²) in [6.45, 7) is 2.13. The van der Waals surface area contributed by atoms with Crippen LogP contribution in [0.3, 0.4) is 0 Å². The van der Waals surface area contributed by atoms with Crippen LogP contribution in [0.2, 0.25) is 0 Å². The Morgan fingerprint density at radius 2 is 1.50 bits per heavy atom. The van der Waals surface area contributed by atoms with E-state index in [4.69, 9.17) is 4.42 Å². The normalized spacial score (nSPS) is 14.7. The van der Waals surface area contributed by atoms with E-state index in [1.807, 2.05) is 36.4 Å². The van der Waals surface area contributed by atoms with Crippen LogP contribution in [0.25, 0.3) is 11.1 Å². The highest BCUT2D eigenvalue weighted by molar-refractivity contribution is 5.79. The molecular formula is C27H27N3O2. The zero-order valence-electron chi connectivity index (χ0n) is 18.0. The zero-order valence-corrected chi connectivity index (χ0v) is 18.0. The second kappa shape index (κ2) is 9.27. The molecule has 1 aliphatic heterocycles. The summed E-state index contributed by atoms with van der Waals surface area (Å²) >= 11 is 0. The van der Waals surface area contributed by atoms with Gasteiger partial charge in [-0.05, 0) is 36.1 Å². The number of carbonyl (C=O) groups excluding carboxylic acids is 1. The van der Waals surface area contributed by atoms with E-state index in [0.717, 1.165) is 37.0 Å². The SMILES string of the molecule is O=C(NCC(c1ccccc1)c1ccccc1)C1CCN(c2nc3ccccc3o2)CC1. The molecule has 5 heteroatoms. The highest BCUT2D eigenvalue weighted by Crippen LogP contribution is 2.27. The van der Waals surface area contributed by atoms with Gasteiger partial charge in [-0.1, -0.05) is 72.8 Å². The molecule has 0 unspecified atom stereocenters. The fourth-order valence-electron chi connectivity index (χ4n) is 4.47. The van der Waals surface area contributed by atoms with Crippen LogP contribution in [-0.2, 0) is 4.79 Å². The van der Waals surface area contributed by atoms with Crippen molar-refractivity contribution in [1.82, 2.24) is 10.3 Å². The first kappa shape index (κ1) is 20.3. The van der Waals surface area contributed by atoms with Gasteiger partial charge in [-0.25, -0.2) is 0 Å². The third-order valence-electron chi connectivity index (χ3n) is 6.30. The molecule has 1 saturated heterocycles. The molecule has 5 nitrogen and oxygen atoms in total. The first-order chi connectivity index (χ1) is 15.8. The summed E-state index contributed by atoms with van der Waals surface area (Å²) in [5.74, 6) is 0.295. The molecule has 0 radical (unpaired) electrons. The van der Waals surface area contributed by atoms with Crippen molar-refractivity contribution in [2.24, 2.45) is 5.92 Å². The lowest BCUT2D eigenvalue weighted by atomic mass is 9.90. The Kier molecular flexibility index (Phi) is 5.88. The van der Waals surface area contributed by atoms with Gasteiger partial charge in [-0.3, -0.25) is 4.79 Å². The van der Waals surface area contributed by atoms with Crippen molar-refractivity contribution in [2.75, 3.05) is 24.5 Å². The third kappa shape index (κ3) is 4.37. The molecule has 32 heavy (non-hydrogen) atoms. The fraction of sp³-hybridized carbons (Fsp3) is 0.259. The number of nitrogens with one attached hydrogen (secondary N) is 1. The smallest absolute Gasteiger partial charge is 0.298 e. The average molecular weight is 426 g/mol. The molecule has 0 saturated carbocycles. The molecule has 0 aliphatic carbocycles. The molecule has 3 aromatic carbocycles. The minimum absolute atomic E-state index is 0.0165. The molecule has 1 N–H and O–H groups in total. The Morgan fingerprint density at radius 1 is 0.906 bits per heavy atom. The number of oxazole rings is 1. The third-order valence-corrected chi connectivity index (χ3v) is 6.30. The minimum Gasteiger partial charge on any atom is -0.423 e. The van der Waals surface area contributed by atoms with Crippen LogP contribution in [0.1, 0.15) is 29.9 Å². The van der Waals surface area contributed by atoms with Crippen LogP contribution in [0.5, 0.6) is 0 Å². The van der Waals surface area contributed by atoms with Gasteiger partial charge in [0.1, 0.15) is 5.52 Å². The van der Waals surface area contributed by atoms with Crippen LogP contribution >= 0.6 is 0 Å². The summed E-state index contributed by atoms with van der Waals surface area (Å²) in [6.07, 6.45) is 1.60. The fourth-order valence-corrected chi connectivity index (χ4v) is 4.47. The largest absolute Gasteiger partial charge is 0.423 e. The lowest BCUT2D eigenvalue weighted by Crippen LogP contribution is -2.41. The van der Waals surface area contributed by atoms with E-state index in [1.165, 1.54) is 11.1 Å². The number of fused-ring (bicyclic) bond motifs is 1. The van der Waals surface area contributed by atoms with E-state index >= 15 is 0 Å². The molecule has 0 spiro atoms. The summed E-state index contributed by atoms with van der Waals surface area (Å²) in [6, 6.07) is 29.2. The van der Waals surface area contributed by atoms with Crippen molar-refractivity contribution in [3.63, 3.8) is 0 Å². The molecule has 162 valence electrons. The van der Waals surface area contributed by atoms with Gasteiger partial charge in [-0.2, -0.15) is 4.98 Å². The number of benzene rings is 3. The van der Waals surface area contributed by atoms with Crippen molar-refractivity contribution in [3.05, 3.63) is 96.1 Å². The van der Waals surface area contributed by atoms with E-state index in [1.54, 1.807) is 0 Å². The Balaban J connectivity index is 1.20. The van der Waals surface area contributed by atoms with E-state index in [2.05, 4.69) is 63.7 Å². The predicted octanol–water partition coefficient (Wildman–Crippen LogP) is 4.99. The molecule has 1 fully saturated rings. The number of piperidine rings is 1. The molecule has 5 rings (SSSR count). The number of rotatable bonds is 6. The maximum atomic E-state index is 13.0. The zero-order chi connectivity index (χ0) is 21.8. The summed E-state index contributed by atoms with van der Waals surface area (Å²) in [5, 5.41) is 3.23. The number of aromatic nitrogens is 1. The monoisotopic (exact) mass is 425 g/mol. The average Bonchev–Trinajstić information content (AvgIpc) is 3.30. The highest BCUT2D eigenvalue weighted by Gasteiger charge is 2.27. The number of hydrogen-bond donors (Lipinski definition) is 1. The molecule has 4 aromatic rings. The van der Waals surface area contributed by atoms with Gasteiger partial charge in [0.25, 0.3) is 6.01 Å². The van der Waals surface area contributed by atoms with Crippen LogP contribution in [0, 0.1) is 5.92 Å². The number of nitrogens with zero attached hydrogens (tertiary/aromatic N) is 2. The Bertz CT molecular complexity index is 1090. The predicted molar refractivity (Wildman–Crippen MR) is 127 cm³/mol. The van der Waals surface area contributed by atoms with E-state index in [9.17, 15) is 4.79 Å². The Labute approximate surface area is 188 Å². The summed E-state index contributed by atoms with van der Waals surface area (Å²) in [7, 11) is 0. The number of para-hydroxylation sites is 2. The number of anilines is 1. The van der Waals surface area contributed by atoms with Crippen LogP contribution in [0.4, 0.5) is 6.01 Å². The molecule has 0 atom stereocenters. The topological polar surface area (TPSA) is 58.4 Å². The van der Waals surface area contributed by atoms with Crippen LogP contribution in [0.15, 0.2) is 89.3 Å². The second-order valence-electron chi connectivity index (χ2n) is 8.34. The molecule has 1 aromatic heterocycles. The van der Waals surface area contributed by atoms with Crippen molar-refractivity contribution in [3.8, 4) is 0 Å². The Morgan fingerprint density at radius 3 is 2.12 bits per heavy atom. The lowest BCUT2D eigenvalue weighted by molar-refractivity contribution is -0.125. The Hall–Kier alpha value is -3.60. The lowest BCUT2D eigenvalue weighted by Gasteiger charge is -2.30. The van der Waals surface area contributed by atoms with Crippen molar-refractivity contribution < 1.29 is 9.21 Å². The molecular weight excluding hydrogens is 398 g/mol. The van der Waals surface area contributed by atoms with Gasteiger partial charge in [-0.15, -0.1) is 0 Å².